The van der Waals surface area contributed by atoms with Crippen LogP contribution < -0.4 is 4.74 Å². The Labute approximate surface area is 213 Å². The van der Waals surface area contributed by atoms with Gasteiger partial charge in [-0.05, 0) is 65.4 Å². The van der Waals surface area contributed by atoms with E-state index in [0.717, 1.165) is 55.6 Å². The van der Waals surface area contributed by atoms with Crippen LogP contribution in [0.1, 0.15) is 37.1 Å². The average molecular weight is 507 g/mol. The van der Waals surface area contributed by atoms with Gasteiger partial charge in [-0.1, -0.05) is 55.8 Å². The molecule has 4 aromatic rings. The molecule has 0 atom stereocenters. The van der Waals surface area contributed by atoms with Gasteiger partial charge in [0.25, 0.3) is 0 Å². The van der Waals surface area contributed by atoms with Gasteiger partial charge in [-0.25, -0.2) is 13.6 Å². The SMILES string of the molecule is CCCc1cc(-c2ccccc2)cc(-c2cccc3sc(/C(C)=C/C(=O)O)cc23)c1OCCC(F)F. The topological polar surface area (TPSA) is 46.5 Å². The van der Waals surface area contributed by atoms with E-state index in [9.17, 15) is 18.7 Å². The van der Waals surface area contributed by atoms with E-state index in [4.69, 9.17) is 4.74 Å². The van der Waals surface area contributed by atoms with Crippen molar-refractivity contribution in [3.05, 3.63) is 83.2 Å². The monoisotopic (exact) mass is 506 g/mol. The fourth-order valence-corrected chi connectivity index (χ4v) is 5.37. The number of aliphatic carboxylic acids is 1. The predicted molar refractivity (Wildman–Crippen MR) is 144 cm³/mol. The number of benzene rings is 3. The molecule has 0 fully saturated rings. The van der Waals surface area contributed by atoms with Crippen LogP contribution in [0.2, 0.25) is 0 Å². The quantitative estimate of drug-likeness (QED) is 0.219. The molecule has 0 unspecified atom stereocenters. The molecule has 1 aromatic heterocycles. The van der Waals surface area contributed by atoms with Crippen LogP contribution in [0.3, 0.4) is 0 Å². The molecule has 0 bridgehead atoms. The highest BCUT2D eigenvalue weighted by Crippen LogP contribution is 2.43. The van der Waals surface area contributed by atoms with Gasteiger partial charge in [-0.2, -0.15) is 0 Å². The first kappa shape index (κ1) is 25.6. The number of fused-ring (bicyclic) bond motifs is 1. The molecule has 0 aliphatic heterocycles. The molecule has 0 saturated carbocycles. The molecule has 1 N–H and O–H groups in total. The molecule has 3 nitrogen and oxygen atoms in total. The van der Waals surface area contributed by atoms with Gasteiger partial charge < -0.3 is 9.84 Å². The smallest absolute Gasteiger partial charge is 0.328 e. The summed E-state index contributed by atoms with van der Waals surface area (Å²) in [6.07, 6.45) is 0.0760. The number of hydrogen-bond donors (Lipinski definition) is 1. The molecular formula is C30H28F2O3S. The van der Waals surface area contributed by atoms with Gasteiger partial charge in [-0.3, -0.25) is 0 Å². The summed E-state index contributed by atoms with van der Waals surface area (Å²) in [5.41, 5.74) is 5.54. The Morgan fingerprint density at radius 2 is 1.81 bits per heavy atom. The average Bonchev–Trinajstić information content (AvgIpc) is 3.30. The van der Waals surface area contributed by atoms with E-state index in [1.165, 1.54) is 17.4 Å². The number of rotatable bonds is 10. The maximum Gasteiger partial charge on any atom is 0.328 e. The Morgan fingerprint density at radius 1 is 1.03 bits per heavy atom. The number of allylic oxidation sites excluding steroid dienone is 1. The van der Waals surface area contributed by atoms with E-state index >= 15 is 0 Å². The normalized spacial score (nSPS) is 11.9. The fraction of sp³-hybridized carbons (Fsp3) is 0.233. The van der Waals surface area contributed by atoms with Crippen LogP contribution in [0.25, 0.3) is 37.9 Å². The van der Waals surface area contributed by atoms with E-state index in [-0.39, 0.29) is 13.0 Å². The predicted octanol–water partition coefficient (Wildman–Crippen LogP) is 8.71. The van der Waals surface area contributed by atoms with Crippen molar-refractivity contribution < 1.29 is 23.4 Å². The van der Waals surface area contributed by atoms with Gasteiger partial charge in [0, 0.05) is 33.0 Å². The number of hydrogen-bond acceptors (Lipinski definition) is 3. The van der Waals surface area contributed by atoms with Gasteiger partial charge in [-0.15, -0.1) is 11.3 Å². The number of aryl methyl sites for hydroxylation is 1. The summed E-state index contributed by atoms with van der Waals surface area (Å²) in [7, 11) is 0. The van der Waals surface area contributed by atoms with Crippen molar-refractivity contribution >= 4 is 33.0 Å². The molecule has 0 aliphatic rings. The lowest BCUT2D eigenvalue weighted by atomic mass is 9.92. The molecule has 186 valence electrons. The largest absolute Gasteiger partial charge is 0.492 e. The van der Waals surface area contributed by atoms with Crippen LogP contribution >= 0.6 is 11.3 Å². The van der Waals surface area contributed by atoms with Crippen molar-refractivity contribution in [1.82, 2.24) is 0 Å². The zero-order valence-corrected chi connectivity index (χ0v) is 21.1. The van der Waals surface area contributed by atoms with E-state index in [1.54, 1.807) is 6.92 Å². The van der Waals surface area contributed by atoms with Crippen molar-refractivity contribution in [3.63, 3.8) is 0 Å². The van der Waals surface area contributed by atoms with Gasteiger partial charge in [0.1, 0.15) is 5.75 Å². The second kappa shape index (κ2) is 11.5. The number of ether oxygens (including phenoxy) is 1. The van der Waals surface area contributed by atoms with Crippen LogP contribution in [-0.4, -0.2) is 24.1 Å². The molecule has 0 radical (unpaired) electrons. The number of carboxylic acids is 1. The Balaban J connectivity index is 1.94. The molecular weight excluding hydrogens is 478 g/mol. The first-order valence-electron chi connectivity index (χ1n) is 11.9. The second-order valence-corrected chi connectivity index (χ2v) is 9.73. The highest BCUT2D eigenvalue weighted by Gasteiger charge is 2.19. The van der Waals surface area contributed by atoms with Gasteiger partial charge in [0.15, 0.2) is 0 Å². The summed E-state index contributed by atoms with van der Waals surface area (Å²) in [6, 6.07) is 22.2. The summed E-state index contributed by atoms with van der Waals surface area (Å²) >= 11 is 1.53. The van der Waals surface area contributed by atoms with E-state index in [2.05, 4.69) is 31.2 Å². The highest BCUT2D eigenvalue weighted by atomic mass is 32.1. The first-order valence-corrected chi connectivity index (χ1v) is 12.8. The van der Waals surface area contributed by atoms with Crippen molar-refractivity contribution in [2.24, 2.45) is 0 Å². The lowest BCUT2D eigenvalue weighted by Crippen LogP contribution is -2.06. The highest BCUT2D eigenvalue weighted by molar-refractivity contribution is 7.20. The summed E-state index contributed by atoms with van der Waals surface area (Å²) in [4.78, 5) is 12.1. The Morgan fingerprint density at radius 3 is 2.50 bits per heavy atom. The van der Waals surface area contributed by atoms with Crippen molar-refractivity contribution in [2.45, 2.75) is 39.5 Å². The van der Waals surface area contributed by atoms with Crippen molar-refractivity contribution in [3.8, 4) is 28.0 Å². The Bertz CT molecular complexity index is 1390. The number of alkyl halides is 2. The van der Waals surface area contributed by atoms with Gasteiger partial charge in [0.2, 0.25) is 6.43 Å². The zero-order chi connectivity index (χ0) is 25.7. The second-order valence-electron chi connectivity index (χ2n) is 8.65. The first-order chi connectivity index (χ1) is 17.4. The summed E-state index contributed by atoms with van der Waals surface area (Å²) in [5, 5.41) is 10.2. The zero-order valence-electron chi connectivity index (χ0n) is 20.3. The van der Waals surface area contributed by atoms with Crippen LogP contribution in [0, 0.1) is 0 Å². The van der Waals surface area contributed by atoms with Crippen molar-refractivity contribution in [1.29, 1.82) is 0 Å². The van der Waals surface area contributed by atoms with Crippen LogP contribution in [0.15, 0.2) is 72.8 Å². The van der Waals surface area contributed by atoms with Crippen LogP contribution in [0.4, 0.5) is 8.78 Å². The molecule has 0 aliphatic carbocycles. The third-order valence-electron chi connectivity index (χ3n) is 5.96. The Hall–Kier alpha value is -3.51. The lowest BCUT2D eigenvalue weighted by Gasteiger charge is -2.19. The summed E-state index contributed by atoms with van der Waals surface area (Å²) in [5.74, 6) is -0.352. The number of halogens is 2. The minimum Gasteiger partial charge on any atom is -0.492 e. The van der Waals surface area contributed by atoms with Crippen molar-refractivity contribution in [2.75, 3.05) is 6.61 Å². The molecule has 36 heavy (non-hydrogen) atoms. The minimum atomic E-state index is -2.43. The standard InChI is InChI=1S/C30H28F2O3S/c1-3-8-21-16-22(20-9-5-4-6-10-20)17-25(30(21)35-14-13-28(31)32)23-11-7-12-26-24(23)18-27(36-26)19(2)15-29(33)34/h4-7,9-12,15-18,28H,3,8,13-14H2,1-2H3,(H,33,34)/b19-15+. The molecule has 0 spiro atoms. The van der Waals surface area contributed by atoms with E-state index < -0.39 is 12.4 Å². The number of carboxylic acid groups (broad SMARTS) is 1. The third-order valence-corrected chi connectivity index (χ3v) is 7.19. The number of thiophene rings is 1. The molecule has 6 heteroatoms. The minimum absolute atomic E-state index is 0.0720. The van der Waals surface area contributed by atoms with Gasteiger partial charge >= 0.3 is 5.97 Å². The summed E-state index contributed by atoms with van der Waals surface area (Å²) < 4.78 is 33.0. The molecule has 0 saturated heterocycles. The van der Waals surface area contributed by atoms with Crippen LogP contribution in [0.5, 0.6) is 5.75 Å². The third kappa shape index (κ3) is 5.82. The molecule has 1 heterocycles. The van der Waals surface area contributed by atoms with Crippen LogP contribution in [-0.2, 0) is 11.2 Å². The van der Waals surface area contributed by atoms with Gasteiger partial charge in [0.05, 0.1) is 6.61 Å². The molecule has 3 aromatic carbocycles. The molecule has 4 rings (SSSR count). The fourth-order valence-electron chi connectivity index (χ4n) is 4.31. The number of carbonyl (C=O) groups is 1. The maximum atomic E-state index is 12.9. The van der Waals surface area contributed by atoms with E-state index in [1.807, 2.05) is 42.5 Å². The maximum absolute atomic E-state index is 12.9. The lowest BCUT2D eigenvalue weighted by molar-refractivity contribution is -0.131. The summed E-state index contributed by atoms with van der Waals surface area (Å²) in [6.45, 7) is 3.80. The van der Waals surface area contributed by atoms with E-state index in [0.29, 0.717) is 11.3 Å². The Kier molecular flexibility index (Phi) is 8.16. The molecule has 0 amide bonds.